The van der Waals surface area contributed by atoms with Gasteiger partial charge in [-0.2, -0.15) is 0 Å². The number of hydrogen-bond donors (Lipinski definition) is 1. The van der Waals surface area contributed by atoms with E-state index in [2.05, 4.69) is 86.8 Å². The molecule has 0 bridgehead atoms. The number of quaternary nitrogens is 1. The predicted octanol–water partition coefficient (Wildman–Crippen LogP) is 13.1. The summed E-state index contributed by atoms with van der Waals surface area (Å²) in [5.41, 5.74) is 0. The van der Waals surface area contributed by atoms with Gasteiger partial charge >= 0.3 is 17.9 Å². The van der Waals surface area contributed by atoms with Gasteiger partial charge in [-0.1, -0.05) is 151 Å². The van der Waals surface area contributed by atoms with Crippen molar-refractivity contribution in [1.29, 1.82) is 0 Å². The molecule has 0 aromatic rings. The maximum absolute atomic E-state index is 12.8. The number of carboxylic acid groups (broad SMARTS) is 1. The standard InChI is InChI=1S/C51H87NO7/c1-6-8-10-12-14-16-18-20-22-23-24-25-26-28-30-32-34-36-38-40-42-50(54)59-47(45-57-44-43-48(51(55)56)52(3,4)5)46-58-49(53)41-39-37-35-33-31-29-27-21-19-17-15-13-11-9-7-2/h8,10,14,16-17,19-20,22,24-25,28,30,47-48H,6-7,9,11-13,15,18,21,23,26-27,29,31-46H2,1-5H3/p+1/b10-8+,16-14+,19-17+,22-20+,25-24+,30-28+. The molecule has 0 aliphatic rings. The van der Waals surface area contributed by atoms with Crippen LogP contribution in [0.4, 0.5) is 0 Å². The number of aliphatic carboxylic acids is 1. The summed E-state index contributed by atoms with van der Waals surface area (Å²) < 4.78 is 17.3. The number of unbranched alkanes of at least 4 members (excludes halogenated alkanes) is 15. The van der Waals surface area contributed by atoms with Crippen LogP contribution in [0.5, 0.6) is 0 Å². The van der Waals surface area contributed by atoms with Gasteiger partial charge in [-0.3, -0.25) is 9.59 Å². The molecule has 0 amide bonds. The second-order valence-electron chi connectivity index (χ2n) is 16.6. The van der Waals surface area contributed by atoms with Gasteiger partial charge in [-0.25, -0.2) is 4.79 Å². The average Bonchev–Trinajstić information content (AvgIpc) is 3.19. The maximum atomic E-state index is 12.8. The summed E-state index contributed by atoms with van der Waals surface area (Å²) in [4.78, 5) is 37.0. The Balaban J connectivity index is 4.38. The lowest BCUT2D eigenvalue weighted by atomic mass is 10.1. The van der Waals surface area contributed by atoms with Crippen molar-refractivity contribution in [3.63, 3.8) is 0 Å². The third kappa shape index (κ3) is 40.0. The molecule has 0 heterocycles. The van der Waals surface area contributed by atoms with E-state index in [1.807, 2.05) is 21.1 Å². The minimum atomic E-state index is -0.882. The highest BCUT2D eigenvalue weighted by molar-refractivity contribution is 5.72. The van der Waals surface area contributed by atoms with E-state index in [0.717, 1.165) is 83.5 Å². The van der Waals surface area contributed by atoms with Crippen LogP contribution >= 0.6 is 0 Å². The van der Waals surface area contributed by atoms with Gasteiger partial charge in [-0.05, 0) is 83.5 Å². The summed E-state index contributed by atoms with van der Waals surface area (Å²) >= 11 is 0. The highest BCUT2D eigenvalue weighted by Gasteiger charge is 2.31. The van der Waals surface area contributed by atoms with Crippen molar-refractivity contribution in [2.24, 2.45) is 0 Å². The van der Waals surface area contributed by atoms with Crippen molar-refractivity contribution < 1.29 is 38.2 Å². The van der Waals surface area contributed by atoms with Crippen LogP contribution < -0.4 is 0 Å². The zero-order chi connectivity index (χ0) is 43.5. The van der Waals surface area contributed by atoms with Gasteiger partial charge in [0.2, 0.25) is 0 Å². The molecule has 1 N–H and O–H groups in total. The number of esters is 2. The molecular formula is C51H88NO7+. The summed E-state index contributed by atoms with van der Waals surface area (Å²) in [5.74, 6) is -1.51. The highest BCUT2D eigenvalue weighted by atomic mass is 16.6. The van der Waals surface area contributed by atoms with E-state index >= 15 is 0 Å². The van der Waals surface area contributed by atoms with E-state index in [1.54, 1.807) is 0 Å². The van der Waals surface area contributed by atoms with E-state index in [0.29, 0.717) is 19.3 Å². The summed E-state index contributed by atoms with van der Waals surface area (Å²) in [6.45, 7) is 4.57. The average molecular weight is 827 g/mol. The summed E-state index contributed by atoms with van der Waals surface area (Å²) in [7, 11) is 5.51. The monoisotopic (exact) mass is 827 g/mol. The minimum absolute atomic E-state index is 0.0461. The Bertz CT molecular complexity index is 1190. The quantitative estimate of drug-likeness (QED) is 0.0284. The zero-order valence-corrected chi connectivity index (χ0v) is 38.4. The second-order valence-corrected chi connectivity index (χ2v) is 16.6. The van der Waals surface area contributed by atoms with Crippen molar-refractivity contribution in [2.45, 2.75) is 193 Å². The number of carboxylic acids is 1. The molecule has 8 nitrogen and oxygen atoms in total. The number of likely N-dealkylation sites (N-methyl/N-ethyl adjacent to an activating group) is 1. The summed E-state index contributed by atoms with van der Waals surface area (Å²) in [5, 5.41) is 9.63. The number of nitrogens with zero attached hydrogens (tertiary/aromatic N) is 1. The van der Waals surface area contributed by atoms with Gasteiger partial charge in [0.1, 0.15) is 6.61 Å². The van der Waals surface area contributed by atoms with Crippen LogP contribution in [0, 0.1) is 0 Å². The van der Waals surface area contributed by atoms with Gasteiger partial charge < -0.3 is 23.8 Å². The van der Waals surface area contributed by atoms with Crippen molar-refractivity contribution in [3.05, 3.63) is 72.9 Å². The first-order valence-corrected chi connectivity index (χ1v) is 23.5. The van der Waals surface area contributed by atoms with Crippen LogP contribution in [-0.4, -0.2) is 80.6 Å². The summed E-state index contributed by atoms with van der Waals surface area (Å²) in [6.07, 6.45) is 52.3. The lowest BCUT2D eigenvalue weighted by Crippen LogP contribution is -2.50. The van der Waals surface area contributed by atoms with Crippen LogP contribution in [0.1, 0.15) is 181 Å². The fraction of sp³-hybridized carbons (Fsp3) is 0.706. The number of rotatable bonds is 41. The molecule has 0 rings (SSSR count). The normalized spacial score (nSPS) is 13.6. The number of ether oxygens (including phenoxy) is 3. The smallest absolute Gasteiger partial charge is 0.362 e. The van der Waals surface area contributed by atoms with Crippen LogP contribution in [-0.2, 0) is 28.6 Å². The van der Waals surface area contributed by atoms with Gasteiger partial charge in [-0.15, -0.1) is 0 Å². The summed E-state index contributed by atoms with van der Waals surface area (Å²) in [6, 6.07) is -0.623. The Morgan fingerprint density at radius 3 is 1.42 bits per heavy atom. The molecule has 0 fully saturated rings. The number of hydrogen-bond acceptors (Lipinski definition) is 6. The number of carbonyl (C=O) groups excluding carboxylic acids is 2. The largest absolute Gasteiger partial charge is 0.477 e. The Labute approximate surface area is 361 Å². The SMILES string of the molecule is CC/C=C/C/C=C/C/C=C/C/C=C/C/C=C/CCCCCCC(=O)OC(COCCC(C(=O)O)[N+](C)(C)C)COC(=O)CCCCCCCCC/C=C/CCCCCC. The first-order chi connectivity index (χ1) is 28.6. The molecule has 2 unspecified atom stereocenters. The van der Waals surface area contributed by atoms with E-state index in [1.165, 1.54) is 64.2 Å². The van der Waals surface area contributed by atoms with Gasteiger partial charge in [0.15, 0.2) is 12.1 Å². The first-order valence-electron chi connectivity index (χ1n) is 23.5. The van der Waals surface area contributed by atoms with Crippen LogP contribution in [0.3, 0.4) is 0 Å². The number of allylic oxidation sites excluding steroid dienone is 12. The Kier molecular flexibility index (Phi) is 39.2. The zero-order valence-electron chi connectivity index (χ0n) is 38.4. The third-order valence-electron chi connectivity index (χ3n) is 10.1. The van der Waals surface area contributed by atoms with Gasteiger partial charge in [0, 0.05) is 19.3 Å². The predicted molar refractivity (Wildman–Crippen MR) is 247 cm³/mol. The molecular weight excluding hydrogens is 739 g/mol. The van der Waals surface area contributed by atoms with Crippen LogP contribution in [0.25, 0.3) is 0 Å². The van der Waals surface area contributed by atoms with Crippen molar-refractivity contribution in [2.75, 3.05) is 41.0 Å². The van der Waals surface area contributed by atoms with Crippen LogP contribution in [0.15, 0.2) is 72.9 Å². The molecule has 338 valence electrons. The molecule has 0 saturated heterocycles. The second kappa shape index (κ2) is 41.5. The fourth-order valence-corrected chi connectivity index (χ4v) is 6.46. The highest BCUT2D eigenvalue weighted by Crippen LogP contribution is 2.13. The maximum Gasteiger partial charge on any atom is 0.362 e. The molecule has 59 heavy (non-hydrogen) atoms. The van der Waals surface area contributed by atoms with Gasteiger partial charge in [0.25, 0.3) is 0 Å². The number of carbonyl (C=O) groups is 3. The van der Waals surface area contributed by atoms with Crippen LogP contribution in [0.2, 0.25) is 0 Å². The molecule has 8 heteroatoms. The molecule has 0 aromatic heterocycles. The van der Waals surface area contributed by atoms with E-state index < -0.39 is 18.1 Å². The molecule has 0 aromatic carbocycles. The molecule has 0 spiro atoms. The van der Waals surface area contributed by atoms with E-state index in [9.17, 15) is 19.5 Å². The van der Waals surface area contributed by atoms with Crippen molar-refractivity contribution in [3.8, 4) is 0 Å². The lowest BCUT2D eigenvalue weighted by Gasteiger charge is -2.31. The molecule has 0 radical (unpaired) electrons. The lowest BCUT2D eigenvalue weighted by molar-refractivity contribution is -0.887. The molecule has 0 saturated carbocycles. The van der Waals surface area contributed by atoms with Crippen molar-refractivity contribution in [1.82, 2.24) is 0 Å². The minimum Gasteiger partial charge on any atom is -0.477 e. The first kappa shape index (κ1) is 55.8. The topological polar surface area (TPSA) is 99.1 Å². The third-order valence-corrected chi connectivity index (χ3v) is 10.1. The van der Waals surface area contributed by atoms with E-state index in [-0.39, 0.29) is 36.2 Å². The molecule has 0 aliphatic heterocycles. The Hall–Kier alpha value is -3.23. The van der Waals surface area contributed by atoms with E-state index in [4.69, 9.17) is 14.2 Å². The molecule has 2 atom stereocenters. The Morgan fingerprint density at radius 1 is 0.525 bits per heavy atom. The van der Waals surface area contributed by atoms with Crippen molar-refractivity contribution >= 4 is 17.9 Å². The molecule has 0 aliphatic carbocycles. The van der Waals surface area contributed by atoms with Gasteiger partial charge in [0.05, 0.1) is 34.4 Å². The fourth-order valence-electron chi connectivity index (χ4n) is 6.46. The Morgan fingerprint density at radius 2 is 0.949 bits per heavy atom.